The van der Waals surface area contributed by atoms with Crippen LogP contribution in [0.2, 0.25) is 0 Å². The van der Waals surface area contributed by atoms with E-state index in [0.717, 1.165) is 31.6 Å². The summed E-state index contributed by atoms with van der Waals surface area (Å²) in [5, 5.41) is 10.3. The predicted octanol–water partition coefficient (Wildman–Crippen LogP) is 2.25. The number of rotatable bonds is 12. The zero-order chi connectivity index (χ0) is 18.8. The van der Waals surface area contributed by atoms with Gasteiger partial charge in [-0.25, -0.2) is 0 Å². The zero-order valence-corrected chi connectivity index (χ0v) is 15.9. The first kappa shape index (κ1) is 20.7. The van der Waals surface area contributed by atoms with Crippen molar-refractivity contribution in [3.63, 3.8) is 0 Å². The number of hydrogen-bond acceptors (Lipinski definition) is 6. The van der Waals surface area contributed by atoms with Crippen molar-refractivity contribution in [2.45, 2.75) is 31.6 Å². The molecule has 1 aliphatic heterocycles. The minimum absolute atomic E-state index is 0.219. The second-order valence-corrected chi connectivity index (χ2v) is 6.50. The second kappa shape index (κ2) is 11.2. The molecule has 0 aliphatic carbocycles. The topological polar surface area (TPSA) is 60.4 Å². The lowest BCUT2D eigenvalue weighted by Crippen LogP contribution is -2.39. The molecule has 146 valence electrons. The molecule has 0 aromatic heterocycles. The van der Waals surface area contributed by atoms with Crippen molar-refractivity contribution < 1.29 is 24.1 Å². The molecule has 26 heavy (non-hydrogen) atoms. The maximum absolute atomic E-state index is 10.3. The molecule has 1 aromatic rings. The first-order valence-electron chi connectivity index (χ1n) is 9.07. The summed E-state index contributed by atoms with van der Waals surface area (Å²) in [4.78, 5) is 2.21. The van der Waals surface area contributed by atoms with Crippen LogP contribution >= 0.6 is 0 Å². The Morgan fingerprint density at radius 2 is 2.15 bits per heavy atom. The van der Waals surface area contributed by atoms with Gasteiger partial charge in [0.2, 0.25) is 0 Å². The summed E-state index contributed by atoms with van der Waals surface area (Å²) in [6.45, 7) is 7.17. The maximum atomic E-state index is 10.3. The lowest BCUT2D eigenvalue weighted by molar-refractivity contribution is 0.00855. The standard InChI is InChI=1S/C20H31NO5/c1-4-9-25-15-17(22)13-21(14-18-6-5-10-26-18)12-16-7-8-19(23-2)20(11-16)24-3/h4,7-8,11,17-18,22H,1,5-6,9-10,12-15H2,2-3H3/t17-,18+/m1/s1. The van der Waals surface area contributed by atoms with Gasteiger partial charge in [0.25, 0.3) is 0 Å². The molecule has 1 N–H and O–H groups in total. The lowest BCUT2D eigenvalue weighted by atomic mass is 10.1. The van der Waals surface area contributed by atoms with E-state index in [9.17, 15) is 5.11 Å². The van der Waals surface area contributed by atoms with Gasteiger partial charge in [-0.1, -0.05) is 12.1 Å². The quantitative estimate of drug-likeness (QED) is 0.453. The third-order valence-corrected chi connectivity index (χ3v) is 4.35. The van der Waals surface area contributed by atoms with Crippen LogP contribution in [-0.2, 0) is 16.0 Å². The molecule has 2 rings (SSSR count). The van der Waals surface area contributed by atoms with Gasteiger partial charge in [0.15, 0.2) is 11.5 Å². The highest BCUT2D eigenvalue weighted by atomic mass is 16.5. The summed E-state index contributed by atoms with van der Waals surface area (Å²) in [7, 11) is 3.26. The second-order valence-electron chi connectivity index (χ2n) is 6.50. The van der Waals surface area contributed by atoms with Crippen LogP contribution in [0.1, 0.15) is 18.4 Å². The minimum atomic E-state index is -0.559. The number of methoxy groups -OCH3 is 2. The molecule has 0 spiro atoms. The van der Waals surface area contributed by atoms with Crippen molar-refractivity contribution in [2.75, 3.05) is 47.1 Å². The molecule has 1 heterocycles. The maximum Gasteiger partial charge on any atom is 0.161 e. The smallest absolute Gasteiger partial charge is 0.161 e. The number of aliphatic hydroxyl groups excluding tert-OH is 1. The van der Waals surface area contributed by atoms with Gasteiger partial charge in [0.1, 0.15) is 0 Å². The number of aliphatic hydroxyl groups is 1. The molecule has 0 bridgehead atoms. The Morgan fingerprint density at radius 3 is 2.81 bits per heavy atom. The van der Waals surface area contributed by atoms with E-state index in [2.05, 4.69) is 11.5 Å². The van der Waals surface area contributed by atoms with Gasteiger partial charge in [0, 0.05) is 26.2 Å². The number of ether oxygens (including phenoxy) is 4. The molecule has 1 aromatic carbocycles. The summed E-state index contributed by atoms with van der Waals surface area (Å²) < 4.78 is 21.8. The minimum Gasteiger partial charge on any atom is -0.493 e. The Hall–Kier alpha value is -1.60. The van der Waals surface area contributed by atoms with E-state index in [1.165, 1.54) is 0 Å². The molecular formula is C20H31NO5. The van der Waals surface area contributed by atoms with E-state index in [4.69, 9.17) is 18.9 Å². The van der Waals surface area contributed by atoms with Crippen molar-refractivity contribution in [1.29, 1.82) is 0 Å². The van der Waals surface area contributed by atoms with E-state index in [1.54, 1.807) is 20.3 Å². The van der Waals surface area contributed by atoms with Crippen LogP contribution < -0.4 is 9.47 Å². The van der Waals surface area contributed by atoms with Crippen molar-refractivity contribution in [2.24, 2.45) is 0 Å². The highest BCUT2D eigenvalue weighted by Gasteiger charge is 2.21. The molecule has 2 atom stereocenters. The highest BCUT2D eigenvalue weighted by molar-refractivity contribution is 5.42. The Kier molecular flexibility index (Phi) is 8.91. The fraction of sp³-hybridized carbons (Fsp3) is 0.600. The van der Waals surface area contributed by atoms with E-state index >= 15 is 0 Å². The average molecular weight is 365 g/mol. The van der Waals surface area contributed by atoms with Crippen molar-refractivity contribution >= 4 is 0 Å². The molecular weight excluding hydrogens is 334 g/mol. The lowest BCUT2D eigenvalue weighted by Gasteiger charge is -2.27. The molecule has 1 saturated heterocycles. The predicted molar refractivity (Wildman–Crippen MR) is 101 cm³/mol. The van der Waals surface area contributed by atoms with Gasteiger partial charge in [-0.05, 0) is 30.5 Å². The molecule has 0 amide bonds. The fourth-order valence-corrected chi connectivity index (χ4v) is 3.16. The molecule has 6 heteroatoms. The number of nitrogens with zero attached hydrogens (tertiary/aromatic N) is 1. The van der Waals surface area contributed by atoms with Gasteiger partial charge in [-0.3, -0.25) is 4.90 Å². The van der Waals surface area contributed by atoms with Crippen LogP contribution in [0.3, 0.4) is 0 Å². The summed E-state index contributed by atoms with van der Waals surface area (Å²) >= 11 is 0. The normalized spacial score (nSPS) is 18.1. The van der Waals surface area contributed by atoms with E-state index < -0.39 is 6.10 Å². The SMILES string of the molecule is C=CCOC[C@H](O)CN(Cc1ccc(OC)c(OC)c1)C[C@@H]1CCCO1. The molecule has 0 saturated carbocycles. The number of hydrogen-bond donors (Lipinski definition) is 1. The molecule has 6 nitrogen and oxygen atoms in total. The summed E-state index contributed by atoms with van der Waals surface area (Å²) in [6.07, 6.45) is 3.50. The van der Waals surface area contributed by atoms with Gasteiger partial charge < -0.3 is 24.1 Å². The average Bonchev–Trinajstić information content (AvgIpc) is 3.14. The third-order valence-electron chi connectivity index (χ3n) is 4.35. The summed E-state index contributed by atoms with van der Waals surface area (Å²) in [6, 6.07) is 5.90. The Morgan fingerprint density at radius 1 is 1.35 bits per heavy atom. The largest absolute Gasteiger partial charge is 0.493 e. The van der Waals surface area contributed by atoms with Crippen LogP contribution in [0.25, 0.3) is 0 Å². The highest BCUT2D eigenvalue weighted by Crippen LogP contribution is 2.28. The molecule has 1 aliphatic rings. The monoisotopic (exact) mass is 365 g/mol. The van der Waals surface area contributed by atoms with E-state index in [1.807, 2.05) is 18.2 Å². The first-order valence-corrected chi connectivity index (χ1v) is 9.07. The van der Waals surface area contributed by atoms with Crippen molar-refractivity contribution in [3.8, 4) is 11.5 Å². The van der Waals surface area contributed by atoms with Crippen LogP contribution in [0.5, 0.6) is 11.5 Å². The summed E-state index contributed by atoms with van der Waals surface area (Å²) in [5.41, 5.74) is 1.10. The zero-order valence-electron chi connectivity index (χ0n) is 15.9. The fourth-order valence-electron chi connectivity index (χ4n) is 3.16. The van der Waals surface area contributed by atoms with Gasteiger partial charge >= 0.3 is 0 Å². The van der Waals surface area contributed by atoms with Gasteiger partial charge in [0.05, 0.1) is 39.6 Å². The first-order chi connectivity index (χ1) is 12.7. The Bertz CT molecular complexity index is 545. The van der Waals surface area contributed by atoms with Crippen LogP contribution in [-0.4, -0.2) is 69.3 Å². The van der Waals surface area contributed by atoms with Gasteiger partial charge in [-0.15, -0.1) is 6.58 Å². The van der Waals surface area contributed by atoms with Crippen LogP contribution in [0, 0.1) is 0 Å². The van der Waals surface area contributed by atoms with Crippen molar-refractivity contribution in [3.05, 3.63) is 36.4 Å². The third kappa shape index (κ3) is 6.61. The van der Waals surface area contributed by atoms with Crippen LogP contribution in [0.4, 0.5) is 0 Å². The molecule has 0 unspecified atom stereocenters. The van der Waals surface area contributed by atoms with Crippen LogP contribution in [0.15, 0.2) is 30.9 Å². The Labute approximate surface area is 156 Å². The van der Waals surface area contributed by atoms with E-state index in [-0.39, 0.29) is 6.10 Å². The number of benzene rings is 1. The Balaban J connectivity index is 2.01. The van der Waals surface area contributed by atoms with Gasteiger partial charge in [-0.2, -0.15) is 0 Å². The molecule has 1 fully saturated rings. The van der Waals surface area contributed by atoms with E-state index in [0.29, 0.717) is 37.8 Å². The summed E-state index contributed by atoms with van der Waals surface area (Å²) in [5.74, 6) is 1.41. The van der Waals surface area contributed by atoms with Crippen molar-refractivity contribution in [1.82, 2.24) is 4.90 Å². The molecule has 0 radical (unpaired) electrons.